The van der Waals surface area contributed by atoms with Gasteiger partial charge in [-0.2, -0.15) is 5.26 Å². The molecule has 1 heterocycles. The molecule has 26 heavy (non-hydrogen) atoms. The van der Waals surface area contributed by atoms with Crippen LogP contribution in [0.4, 0.5) is 0 Å². The van der Waals surface area contributed by atoms with E-state index in [2.05, 4.69) is 11.9 Å². The quantitative estimate of drug-likeness (QED) is 0.791. The molecule has 0 aliphatic carbocycles. The van der Waals surface area contributed by atoms with Crippen molar-refractivity contribution in [2.75, 3.05) is 14.1 Å². The summed E-state index contributed by atoms with van der Waals surface area (Å²) in [7, 11) is 3.37. The molecule has 2 aromatic carbocycles. The highest BCUT2D eigenvalue weighted by Crippen LogP contribution is 2.30. The van der Waals surface area contributed by atoms with Gasteiger partial charge in [-0.15, -0.1) is 0 Å². The molecule has 5 heteroatoms. The van der Waals surface area contributed by atoms with E-state index in [-0.39, 0.29) is 11.5 Å². The van der Waals surface area contributed by atoms with Crippen molar-refractivity contribution < 1.29 is 4.79 Å². The van der Waals surface area contributed by atoms with Crippen LogP contribution in [-0.2, 0) is 6.42 Å². The Hall–Kier alpha value is -3.39. The van der Waals surface area contributed by atoms with E-state index in [0.29, 0.717) is 22.0 Å². The SMILES string of the molecule is CCc1ccc(-c2c(C#N)c(=O)[nH]c3ccc(C(=O)N(C)C)cc23)cc1. The van der Waals surface area contributed by atoms with Crippen LogP contribution < -0.4 is 5.56 Å². The molecule has 5 nitrogen and oxygen atoms in total. The van der Waals surface area contributed by atoms with Gasteiger partial charge in [0.1, 0.15) is 11.6 Å². The standard InChI is InChI=1S/C21H19N3O2/c1-4-13-5-7-14(8-6-13)19-16-11-15(21(26)24(2)3)9-10-18(16)23-20(25)17(19)12-22/h5-11H,4H2,1-3H3,(H,23,25). The number of pyridine rings is 1. The third kappa shape index (κ3) is 2.98. The molecule has 1 N–H and O–H groups in total. The van der Waals surface area contributed by atoms with Crippen molar-refractivity contribution in [3.05, 3.63) is 69.5 Å². The molecule has 0 spiro atoms. The molecule has 1 aromatic heterocycles. The van der Waals surface area contributed by atoms with E-state index in [9.17, 15) is 14.9 Å². The minimum Gasteiger partial charge on any atom is -0.345 e. The number of fused-ring (bicyclic) bond motifs is 1. The monoisotopic (exact) mass is 345 g/mol. The summed E-state index contributed by atoms with van der Waals surface area (Å²) in [5, 5.41) is 10.2. The highest BCUT2D eigenvalue weighted by Gasteiger charge is 2.17. The second-order valence-corrected chi connectivity index (χ2v) is 6.33. The van der Waals surface area contributed by atoms with Gasteiger partial charge in [-0.05, 0) is 35.7 Å². The Bertz CT molecular complexity index is 1090. The van der Waals surface area contributed by atoms with Gasteiger partial charge < -0.3 is 9.88 Å². The van der Waals surface area contributed by atoms with Crippen LogP contribution in [0.15, 0.2) is 47.3 Å². The first-order valence-electron chi connectivity index (χ1n) is 8.37. The molecule has 130 valence electrons. The number of carbonyl (C=O) groups excluding carboxylic acids is 1. The second-order valence-electron chi connectivity index (χ2n) is 6.33. The minimum absolute atomic E-state index is 0.0520. The molecule has 0 unspecified atom stereocenters. The van der Waals surface area contributed by atoms with E-state index in [1.165, 1.54) is 10.5 Å². The van der Waals surface area contributed by atoms with Gasteiger partial charge in [0.15, 0.2) is 0 Å². The number of aryl methyl sites for hydroxylation is 1. The molecule has 0 aliphatic rings. The number of hydrogen-bond donors (Lipinski definition) is 1. The topological polar surface area (TPSA) is 77.0 Å². The number of H-pyrrole nitrogens is 1. The average Bonchev–Trinajstić information content (AvgIpc) is 2.66. The summed E-state index contributed by atoms with van der Waals surface area (Å²) < 4.78 is 0. The minimum atomic E-state index is -0.429. The van der Waals surface area contributed by atoms with Crippen molar-refractivity contribution >= 4 is 16.8 Å². The van der Waals surface area contributed by atoms with E-state index in [1.807, 2.05) is 30.3 Å². The molecular formula is C21H19N3O2. The summed E-state index contributed by atoms with van der Waals surface area (Å²) in [4.78, 5) is 28.9. The molecule has 3 aromatic rings. The van der Waals surface area contributed by atoms with Crippen LogP contribution in [0.1, 0.15) is 28.4 Å². The lowest BCUT2D eigenvalue weighted by molar-refractivity contribution is 0.0828. The van der Waals surface area contributed by atoms with Crippen LogP contribution >= 0.6 is 0 Å². The Morgan fingerprint density at radius 2 is 1.85 bits per heavy atom. The van der Waals surface area contributed by atoms with Gasteiger partial charge in [0.2, 0.25) is 0 Å². The lowest BCUT2D eigenvalue weighted by Crippen LogP contribution is -2.21. The number of aromatic amines is 1. The van der Waals surface area contributed by atoms with Gasteiger partial charge in [-0.1, -0.05) is 31.2 Å². The first-order chi connectivity index (χ1) is 12.5. The largest absolute Gasteiger partial charge is 0.345 e. The van der Waals surface area contributed by atoms with Crippen LogP contribution in [0.3, 0.4) is 0 Å². The van der Waals surface area contributed by atoms with E-state index in [4.69, 9.17) is 0 Å². The van der Waals surface area contributed by atoms with Crippen LogP contribution in [-0.4, -0.2) is 29.9 Å². The Labute approximate surface area is 151 Å². The van der Waals surface area contributed by atoms with E-state index < -0.39 is 5.56 Å². The van der Waals surface area contributed by atoms with Crippen molar-refractivity contribution in [1.82, 2.24) is 9.88 Å². The number of benzene rings is 2. The molecule has 3 rings (SSSR count). The van der Waals surface area contributed by atoms with Crippen molar-refractivity contribution in [2.24, 2.45) is 0 Å². The fourth-order valence-electron chi connectivity index (χ4n) is 3.00. The van der Waals surface area contributed by atoms with Gasteiger partial charge >= 0.3 is 0 Å². The van der Waals surface area contributed by atoms with Crippen molar-refractivity contribution in [3.8, 4) is 17.2 Å². The molecule has 1 amide bonds. The fraction of sp³-hybridized carbons (Fsp3) is 0.190. The Kier molecular flexibility index (Phi) is 4.59. The van der Waals surface area contributed by atoms with E-state index >= 15 is 0 Å². The number of rotatable bonds is 3. The third-order valence-corrected chi connectivity index (χ3v) is 4.43. The number of nitrogens with zero attached hydrogens (tertiary/aromatic N) is 2. The normalized spacial score (nSPS) is 10.5. The van der Waals surface area contributed by atoms with Crippen molar-refractivity contribution in [1.29, 1.82) is 5.26 Å². The third-order valence-electron chi connectivity index (χ3n) is 4.43. The lowest BCUT2D eigenvalue weighted by atomic mass is 9.94. The van der Waals surface area contributed by atoms with Gasteiger partial charge in [0, 0.05) is 36.1 Å². The molecule has 0 bridgehead atoms. The first kappa shape index (κ1) is 17.4. The molecule has 0 fully saturated rings. The smallest absolute Gasteiger partial charge is 0.266 e. The molecule has 0 saturated heterocycles. The summed E-state index contributed by atoms with van der Waals surface area (Å²) in [6.07, 6.45) is 0.906. The number of nitriles is 1. The predicted octanol–water partition coefficient (Wildman–Crippen LogP) is 3.33. The van der Waals surface area contributed by atoms with Crippen LogP contribution in [0, 0.1) is 11.3 Å². The van der Waals surface area contributed by atoms with E-state index in [1.54, 1.807) is 32.3 Å². The Morgan fingerprint density at radius 1 is 1.15 bits per heavy atom. The zero-order valence-corrected chi connectivity index (χ0v) is 15.0. The zero-order valence-electron chi connectivity index (χ0n) is 15.0. The summed E-state index contributed by atoms with van der Waals surface area (Å²) >= 11 is 0. The summed E-state index contributed by atoms with van der Waals surface area (Å²) in [5.41, 5.74) is 3.23. The summed E-state index contributed by atoms with van der Waals surface area (Å²) in [6, 6.07) is 14.9. The molecular weight excluding hydrogens is 326 g/mol. The van der Waals surface area contributed by atoms with E-state index in [0.717, 1.165) is 12.0 Å². The maximum absolute atomic E-state index is 12.4. The van der Waals surface area contributed by atoms with Gasteiger partial charge in [-0.25, -0.2) is 0 Å². The van der Waals surface area contributed by atoms with Crippen molar-refractivity contribution in [3.63, 3.8) is 0 Å². The lowest BCUT2D eigenvalue weighted by Gasteiger charge is -2.13. The number of hydrogen-bond acceptors (Lipinski definition) is 3. The maximum atomic E-state index is 12.4. The van der Waals surface area contributed by atoms with Crippen LogP contribution in [0.2, 0.25) is 0 Å². The highest BCUT2D eigenvalue weighted by atomic mass is 16.2. The fourth-order valence-corrected chi connectivity index (χ4v) is 3.00. The van der Waals surface area contributed by atoms with Gasteiger partial charge in [0.05, 0.1) is 0 Å². The number of aromatic nitrogens is 1. The summed E-state index contributed by atoms with van der Waals surface area (Å²) in [6.45, 7) is 2.07. The Morgan fingerprint density at radius 3 is 2.42 bits per heavy atom. The second kappa shape index (κ2) is 6.85. The van der Waals surface area contributed by atoms with Gasteiger partial charge in [0.25, 0.3) is 11.5 Å². The molecule has 0 atom stereocenters. The summed E-state index contributed by atoms with van der Waals surface area (Å²) in [5.74, 6) is -0.135. The maximum Gasteiger partial charge on any atom is 0.266 e. The zero-order chi connectivity index (χ0) is 18.8. The molecule has 0 aliphatic heterocycles. The van der Waals surface area contributed by atoms with Crippen LogP contribution in [0.25, 0.3) is 22.0 Å². The van der Waals surface area contributed by atoms with Crippen LogP contribution in [0.5, 0.6) is 0 Å². The number of carbonyl (C=O) groups is 1. The number of amides is 1. The molecule has 0 radical (unpaired) electrons. The predicted molar refractivity (Wildman–Crippen MR) is 102 cm³/mol. The van der Waals surface area contributed by atoms with Crippen molar-refractivity contribution in [2.45, 2.75) is 13.3 Å². The first-order valence-corrected chi connectivity index (χ1v) is 8.37. The highest BCUT2D eigenvalue weighted by molar-refractivity contribution is 6.03. The number of nitrogens with one attached hydrogen (secondary N) is 1. The Balaban J connectivity index is 2.36. The molecule has 0 saturated carbocycles. The average molecular weight is 345 g/mol. The van der Waals surface area contributed by atoms with Gasteiger partial charge in [-0.3, -0.25) is 9.59 Å².